The van der Waals surface area contributed by atoms with Gasteiger partial charge in [0.25, 0.3) is 0 Å². The number of nitrogens with zero attached hydrogens (tertiary/aromatic N) is 2. The Balaban J connectivity index is 2.89. The van der Waals surface area contributed by atoms with E-state index >= 15 is 0 Å². The summed E-state index contributed by atoms with van der Waals surface area (Å²) in [5, 5.41) is 1.10. The van der Waals surface area contributed by atoms with E-state index in [1.54, 1.807) is 0 Å². The normalized spacial score (nSPS) is 10.5. The standard InChI is InChI=1S/C8H4BrIN2/c9-8-11-6-4-2-1-3-5(6)7(10)12-8/h1-4H. The third-order valence-electron chi connectivity index (χ3n) is 1.53. The Bertz CT molecular complexity index is 430. The minimum absolute atomic E-state index is 0.644. The van der Waals surface area contributed by atoms with Crippen molar-refractivity contribution in [1.82, 2.24) is 9.97 Å². The number of aromatic nitrogens is 2. The van der Waals surface area contributed by atoms with Crippen LogP contribution in [0.15, 0.2) is 29.0 Å². The van der Waals surface area contributed by atoms with Gasteiger partial charge in [-0.3, -0.25) is 0 Å². The first kappa shape index (κ1) is 8.37. The first-order chi connectivity index (χ1) is 5.77. The van der Waals surface area contributed by atoms with Crippen molar-refractivity contribution in [3.8, 4) is 0 Å². The quantitative estimate of drug-likeness (QED) is 0.420. The lowest BCUT2D eigenvalue weighted by Crippen LogP contribution is -1.88. The van der Waals surface area contributed by atoms with E-state index in [9.17, 15) is 0 Å². The molecule has 1 aromatic carbocycles. The number of rotatable bonds is 0. The molecule has 1 aromatic heterocycles. The smallest absolute Gasteiger partial charge is 0.198 e. The molecule has 0 fully saturated rings. The molecule has 0 N–H and O–H groups in total. The Hall–Kier alpha value is -0.230. The first-order valence-corrected chi connectivity index (χ1v) is 5.22. The maximum Gasteiger partial charge on any atom is 0.198 e. The van der Waals surface area contributed by atoms with Gasteiger partial charge >= 0.3 is 0 Å². The van der Waals surface area contributed by atoms with Crippen LogP contribution in [0.1, 0.15) is 0 Å². The Morgan fingerprint density at radius 1 is 1.17 bits per heavy atom. The molecule has 60 valence electrons. The molecule has 2 aromatic rings. The molecule has 2 nitrogen and oxygen atoms in total. The molecular formula is C8H4BrIN2. The maximum atomic E-state index is 4.24. The van der Waals surface area contributed by atoms with Crippen molar-refractivity contribution in [1.29, 1.82) is 0 Å². The second kappa shape index (κ2) is 3.26. The number of fused-ring (bicyclic) bond motifs is 1. The minimum atomic E-state index is 0.644. The lowest BCUT2D eigenvalue weighted by atomic mass is 10.2. The van der Waals surface area contributed by atoms with Gasteiger partial charge in [0.05, 0.1) is 5.52 Å². The second-order valence-electron chi connectivity index (χ2n) is 2.30. The lowest BCUT2D eigenvalue weighted by Gasteiger charge is -1.98. The van der Waals surface area contributed by atoms with E-state index in [-0.39, 0.29) is 0 Å². The number of para-hydroxylation sites is 1. The van der Waals surface area contributed by atoms with Crippen LogP contribution in [0.4, 0.5) is 0 Å². The van der Waals surface area contributed by atoms with Crippen molar-refractivity contribution in [2.24, 2.45) is 0 Å². The zero-order chi connectivity index (χ0) is 8.55. The van der Waals surface area contributed by atoms with E-state index in [1.807, 2.05) is 24.3 Å². The molecular weight excluding hydrogens is 331 g/mol. The molecule has 0 saturated heterocycles. The van der Waals surface area contributed by atoms with E-state index < -0.39 is 0 Å². The third-order valence-corrected chi connectivity index (χ3v) is 2.71. The fraction of sp³-hybridized carbons (Fsp3) is 0. The molecule has 0 spiro atoms. The molecule has 0 atom stereocenters. The van der Waals surface area contributed by atoms with Gasteiger partial charge in [-0.1, -0.05) is 18.2 Å². The largest absolute Gasteiger partial charge is 0.222 e. The molecule has 0 aliphatic heterocycles. The fourth-order valence-electron chi connectivity index (χ4n) is 1.01. The van der Waals surface area contributed by atoms with Gasteiger partial charge in [0.2, 0.25) is 0 Å². The van der Waals surface area contributed by atoms with Crippen LogP contribution in [-0.4, -0.2) is 9.97 Å². The van der Waals surface area contributed by atoms with Gasteiger partial charge in [-0.2, -0.15) is 0 Å². The summed E-state index contributed by atoms with van der Waals surface area (Å²) in [7, 11) is 0. The van der Waals surface area contributed by atoms with Crippen molar-refractivity contribution in [3.63, 3.8) is 0 Å². The summed E-state index contributed by atoms with van der Waals surface area (Å²) in [5.74, 6) is 0. The predicted octanol–water partition coefficient (Wildman–Crippen LogP) is 3.00. The summed E-state index contributed by atoms with van der Waals surface area (Å²) < 4.78 is 1.62. The van der Waals surface area contributed by atoms with Gasteiger partial charge < -0.3 is 0 Å². The topological polar surface area (TPSA) is 25.8 Å². The third kappa shape index (κ3) is 1.45. The van der Waals surface area contributed by atoms with Gasteiger partial charge in [-0.05, 0) is 44.6 Å². The molecule has 0 amide bonds. The van der Waals surface area contributed by atoms with Crippen LogP contribution in [0.5, 0.6) is 0 Å². The summed E-state index contributed by atoms with van der Waals surface area (Å²) in [5.41, 5.74) is 0.976. The highest BCUT2D eigenvalue weighted by Crippen LogP contribution is 2.18. The first-order valence-electron chi connectivity index (χ1n) is 3.35. The number of halogens is 2. The SMILES string of the molecule is Brc1nc(I)c2ccccc2n1. The van der Waals surface area contributed by atoms with Crippen molar-refractivity contribution >= 4 is 49.4 Å². The summed E-state index contributed by atoms with van der Waals surface area (Å²) in [6.07, 6.45) is 0. The molecule has 0 saturated carbocycles. The summed E-state index contributed by atoms with van der Waals surface area (Å²) in [4.78, 5) is 8.43. The summed E-state index contributed by atoms with van der Waals surface area (Å²) >= 11 is 5.46. The van der Waals surface area contributed by atoms with Crippen molar-refractivity contribution in [2.75, 3.05) is 0 Å². The highest BCUT2D eigenvalue weighted by atomic mass is 127. The number of hydrogen-bond donors (Lipinski definition) is 0. The zero-order valence-corrected chi connectivity index (χ0v) is 9.70. The predicted molar refractivity (Wildman–Crippen MR) is 60.0 cm³/mol. The molecule has 4 heteroatoms. The van der Waals surface area contributed by atoms with Crippen LogP contribution in [0.3, 0.4) is 0 Å². The maximum absolute atomic E-state index is 4.24. The Morgan fingerprint density at radius 3 is 2.75 bits per heavy atom. The van der Waals surface area contributed by atoms with E-state index in [4.69, 9.17) is 0 Å². The average molecular weight is 335 g/mol. The molecule has 2 rings (SSSR count). The molecule has 0 unspecified atom stereocenters. The van der Waals surface area contributed by atoms with Crippen LogP contribution in [-0.2, 0) is 0 Å². The van der Waals surface area contributed by atoms with Crippen molar-refractivity contribution < 1.29 is 0 Å². The average Bonchev–Trinajstić information content (AvgIpc) is 2.04. The number of hydrogen-bond acceptors (Lipinski definition) is 2. The van der Waals surface area contributed by atoms with Gasteiger partial charge in [0.15, 0.2) is 4.73 Å². The van der Waals surface area contributed by atoms with E-state index in [0.717, 1.165) is 14.6 Å². The van der Waals surface area contributed by atoms with Crippen LogP contribution in [0.25, 0.3) is 10.9 Å². The van der Waals surface area contributed by atoms with Crippen molar-refractivity contribution in [2.45, 2.75) is 0 Å². The lowest BCUT2D eigenvalue weighted by molar-refractivity contribution is 1.13. The Labute approximate surface area is 91.7 Å². The fourth-order valence-corrected chi connectivity index (χ4v) is 2.40. The Kier molecular flexibility index (Phi) is 2.27. The monoisotopic (exact) mass is 334 g/mol. The van der Waals surface area contributed by atoms with E-state index in [2.05, 4.69) is 48.5 Å². The summed E-state index contributed by atoms with van der Waals surface area (Å²) in [6, 6.07) is 7.95. The molecule has 1 heterocycles. The highest BCUT2D eigenvalue weighted by molar-refractivity contribution is 14.1. The molecule has 0 aliphatic carbocycles. The van der Waals surface area contributed by atoms with Crippen LogP contribution < -0.4 is 0 Å². The molecule has 0 bridgehead atoms. The van der Waals surface area contributed by atoms with Crippen molar-refractivity contribution in [3.05, 3.63) is 32.7 Å². The molecule has 12 heavy (non-hydrogen) atoms. The molecule has 0 aliphatic rings. The van der Waals surface area contributed by atoms with Crippen LogP contribution in [0.2, 0.25) is 0 Å². The zero-order valence-electron chi connectivity index (χ0n) is 5.96. The van der Waals surface area contributed by atoms with Gasteiger partial charge in [0, 0.05) is 5.39 Å². The van der Waals surface area contributed by atoms with Gasteiger partial charge in [-0.15, -0.1) is 0 Å². The van der Waals surface area contributed by atoms with Crippen LogP contribution in [0, 0.1) is 3.70 Å². The Morgan fingerprint density at radius 2 is 1.92 bits per heavy atom. The summed E-state index contributed by atoms with van der Waals surface area (Å²) in [6.45, 7) is 0. The number of benzene rings is 1. The highest BCUT2D eigenvalue weighted by Gasteiger charge is 2.01. The van der Waals surface area contributed by atoms with Gasteiger partial charge in [0.1, 0.15) is 3.70 Å². The molecule has 0 radical (unpaired) electrons. The van der Waals surface area contributed by atoms with Gasteiger partial charge in [-0.25, -0.2) is 9.97 Å². The minimum Gasteiger partial charge on any atom is -0.222 e. The van der Waals surface area contributed by atoms with E-state index in [1.165, 1.54) is 0 Å². The second-order valence-corrected chi connectivity index (χ2v) is 4.03. The van der Waals surface area contributed by atoms with E-state index in [0.29, 0.717) is 4.73 Å². The van der Waals surface area contributed by atoms with Crippen LogP contribution >= 0.6 is 38.5 Å².